The van der Waals surface area contributed by atoms with Crippen molar-refractivity contribution < 1.29 is 4.79 Å². The Balaban J connectivity index is 2.03. The fourth-order valence-electron chi connectivity index (χ4n) is 1.52. The lowest BCUT2D eigenvalue weighted by Gasteiger charge is -2.05. The molecule has 0 saturated carbocycles. The zero-order valence-electron chi connectivity index (χ0n) is 9.44. The van der Waals surface area contributed by atoms with E-state index in [1.807, 2.05) is 11.4 Å². The Hall–Kier alpha value is -1.53. The predicted molar refractivity (Wildman–Crippen MR) is 78.5 cm³/mol. The maximum Gasteiger partial charge on any atom is 0.251 e. The molecule has 0 aliphatic rings. The van der Waals surface area contributed by atoms with Crippen LogP contribution >= 0.6 is 27.3 Å². The Morgan fingerprint density at radius 2 is 1.89 bits per heavy atom. The van der Waals surface area contributed by atoms with Gasteiger partial charge in [-0.2, -0.15) is 0 Å². The Bertz CT molecular complexity index is 562. The van der Waals surface area contributed by atoms with Crippen LogP contribution in [0.3, 0.4) is 0 Å². The summed E-state index contributed by atoms with van der Waals surface area (Å²) in [6, 6.07) is 6.80. The van der Waals surface area contributed by atoms with Gasteiger partial charge in [0.1, 0.15) is 0 Å². The van der Waals surface area contributed by atoms with Gasteiger partial charge in [-0.05, 0) is 40.2 Å². The van der Waals surface area contributed by atoms with Crippen molar-refractivity contribution >= 4 is 44.5 Å². The Morgan fingerprint density at radius 1 is 1.22 bits per heavy atom. The van der Waals surface area contributed by atoms with Crippen LogP contribution in [0.1, 0.15) is 15.2 Å². The van der Waals surface area contributed by atoms with Crippen molar-refractivity contribution in [3.05, 3.63) is 44.6 Å². The molecule has 5 N–H and O–H groups in total. The van der Waals surface area contributed by atoms with Crippen molar-refractivity contribution in [2.75, 3.05) is 11.5 Å². The van der Waals surface area contributed by atoms with Gasteiger partial charge in [-0.15, -0.1) is 11.3 Å². The highest BCUT2D eigenvalue weighted by Gasteiger charge is 2.07. The summed E-state index contributed by atoms with van der Waals surface area (Å²) >= 11 is 4.95. The predicted octanol–water partition coefficient (Wildman–Crippen LogP) is 2.61. The van der Waals surface area contributed by atoms with Crippen molar-refractivity contribution in [2.45, 2.75) is 6.54 Å². The van der Waals surface area contributed by atoms with E-state index in [0.717, 1.165) is 9.35 Å². The molecule has 2 aromatic rings. The highest BCUT2D eigenvalue weighted by Crippen LogP contribution is 2.19. The lowest BCUT2D eigenvalue weighted by atomic mass is 10.1. The molecule has 0 aliphatic heterocycles. The van der Waals surface area contributed by atoms with Crippen LogP contribution in [0.5, 0.6) is 0 Å². The Labute approximate surface area is 117 Å². The first-order valence-electron chi connectivity index (χ1n) is 5.22. The van der Waals surface area contributed by atoms with Crippen LogP contribution < -0.4 is 16.8 Å². The molecule has 6 heteroatoms. The van der Waals surface area contributed by atoms with E-state index in [1.165, 1.54) is 0 Å². The first-order chi connectivity index (χ1) is 8.54. The fourth-order valence-corrected chi connectivity index (χ4v) is 2.91. The Kier molecular flexibility index (Phi) is 3.88. The van der Waals surface area contributed by atoms with E-state index in [2.05, 4.69) is 21.2 Å². The van der Waals surface area contributed by atoms with Crippen molar-refractivity contribution in [3.8, 4) is 0 Å². The molecule has 0 bridgehead atoms. The van der Waals surface area contributed by atoms with Gasteiger partial charge in [0.2, 0.25) is 0 Å². The first kappa shape index (κ1) is 12.9. The molecule has 1 aromatic heterocycles. The van der Waals surface area contributed by atoms with Crippen LogP contribution in [-0.2, 0) is 6.54 Å². The number of nitrogens with one attached hydrogen (secondary N) is 1. The summed E-state index contributed by atoms with van der Waals surface area (Å²) < 4.78 is 1.02. The first-order valence-corrected chi connectivity index (χ1v) is 6.89. The fraction of sp³-hybridized carbons (Fsp3) is 0.0833. The van der Waals surface area contributed by atoms with Crippen LogP contribution in [0.15, 0.2) is 34.1 Å². The number of benzene rings is 1. The van der Waals surface area contributed by atoms with Gasteiger partial charge in [0, 0.05) is 31.7 Å². The average molecular weight is 326 g/mol. The van der Waals surface area contributed by atoms with Gasteiger partial charge < -0.3 is 16.8 Å². The molecule has 1 heterocycles. The standard InChI is InChI=1S/C12H12BrN3OS/c13-8-3-11(18-6-8)5-16-12(17)7-1-9(14)4-10(15)2-7/h1-4,6H,5,14-15H2,(H,16,17). The van der Waals surface area contributed by atoms with Crippen LogP contribution in [0.2, 0.25) is 0 Å². The molecule has 0 atom stereocenters. The second-order valence-electron chi connectivity index (χ2n) is 3.80. The van der Waals surface area contributed by atoms with E-state index in [9.17, 15) is 4.79 Å². The van der Waals surface area contributed by atoms with Crippen LogP contribution in [0.4, 0.5) is 11.4 Å². The normalized spacial score (nSPS) is 10.3. The molecular weight excluding hydrogens is 314 g/mol. The van der Waals surface area contributed by atoms with E-state index in [1.54, 1.807) is 29.5 Å². The largest absolute Gasteiger partial charge is 0.399 e. The second kappa shape index (κ2) is 5.41. The number of nitrogen functional groups attached to an aromatic ring is 2. The lowest BCUT2D eigenvalue weighted by Crippen LogP contribution is -2.22. The number of anilines is 2. The van der Waals surface area contributed by atoms with Crippen molar-refractivity contribution in [2.24, 2.45) is 0 Å². The molecule has 0 unspecified atom stereocenters. The molecule has 1 amide bonds. The van der Waals surface area contributed by atoms with Gasteiger partial charge in [0.05, 0.1) is 6.54 Å². The van der Waals surface area contributed by atoms with E-state index in [0.29, 0.717) is 23.5 Å². The highest BCUT2D eigenvalue weighted by molar-refractivity contribution is 9.10. The summed E-state index contributed by atoms with van der Waals surface area (Å²) in [5, 5.41) is 4.79. The van der Waals surface area contributed by atoms with E-state index in [4.69, 9.17) is 11.5 Å². The van der Waals surface area contributed by atoms with Gasteiger partial charge in [-0.3, -0.25) is 4.79 Å². The third-order valence-electron chi connectivity index (χ3n) is 2.28. The molecule has 94 valence electrons. The summed E-state index contributed by atoms with van der Waals surface area (Å²) in [7, 11) is 0. The third-order valence-corrected chi connectivity index (χ3v) is 3.98. The molecule has 2 rings (SSSR count). The quantitative estimate of drug-likeness (QED) is 0.759. The number of carbonyl (C=O) groups is 1. The maximum atomic E-state index is 11.9. The number of rotatable bonds is 3. The number of carbonyl (C=O) groups excluding carboxylic acids is 1. The summed E-state index contributed by atoms with van der Waals surface area (Å²) in [6.07, 6.45) is 0. The average Bonchev–Trinajstić information content (AvgIpc) is 2.70. The monoisotopic (exact) mass is 325 g/mol. The number of halogens is 1. The lowest BCUT2D eigenvalue weighted by molar-refractivity contribution is 0.0951. The zero-order chi connectivity index (χ0) is 13.1. The van der Waals surface area contributed by atoms with Gasteiger partial charge in [0.25, 0.3) is 5.91 Å². The minimum absolute atomic E-state index is 0.182. The second-order valence-corrected chi connectivity index (χ2v) is 5.71. The summed E-state index contributed by atoms with van der Waals surface area (Å²) in [5.41, 5.74) is 12.7. The number of amides is 1. The van der Waals surface area contributed by atoms with Gasteiger partial charge in [0.15, 0.2) is 0 Å². The number of hydrogen-bond donors (Lipinski definition) is 3. The van der Waals surface area contributed by atoms with E-state index >= 15 is 0 Å². The highest BCUT2D eigenvalue weighted by atomic mass is 79.9. The zero-order valence-corrected chi connectivity index (χ0v) is 11.8. The smallest absolute Gasteiger partial charge is 0.251 e. The SMILES string of the molecule is Nc1cc(N)cc(C(=O)NCc2cc(Br)cs2)c1. The van der Waals surface area contributed by atoms with Crippen molar-refractivity contribution in [1.82, 2.24) is 5.32 Å². The van der Waals surface area contributed by atoms with Gasteiger partial charge in [-0.1, -0.05) is 0 Å². The molecule has 18 heavy (non-hydrogen) atoms. The van der Waals surface area contributed by atoms with Crippen LogP contribution in [0.25, 0.3) is 0 Å². The topological polar surface area (TPSA) is 81.1 Å². The van der Waals surface area contributed by atoms with Crippen LogP contribution in [0, 0.1) is 0 Å². The van der Waals surface area contributed by atoms with E-state index in [-0.39, 0.29) is 5.91 Å². The minimum atomic E-state index is -0.182. The minimum Gasteiger partial charge on any atom is -0.399 e. The van der Waals surface area contributed by atoms with Crippen molar-refractivity contribution in [3.63, 3.8) is 0 Å². The molecule has 0 fully saturated rings. The molecule has 0 saturated heterocycles. The molecule has 0 spiro atoms. The van der Waals surface area contributed by atoms with Gasteiger partial charge >= 0.3 is 0 Å². The number of nitrogens with two attached hydrogens (primary N) is 2. The maximum absolute atomic E-state index is 11.9. The van der Waals surface area contributed by atoms with Crippen molar-refractivity contribution in [1.29, 1.82) is 0 Å². The van der Waals surface area contributed by atoms with Gasteiger partial charge in [-0.25, -0.2) is 0 Å². The summed E-state index contributed by atoms with van der Waals surface area (Å²) in [6.45, 7) is 0.490. The summed E-state index contributed by atoms with van der Waals surface area (Å²) in [4.78, 5) is 13.0. The summed E-state index contributed by atoms with van der Waals surface area (Å²) in [5.74, 6) is -0.182. The van der Waals surface area contributed by atoms with E-state index < -0.39 is 0 Å². The Morgan fingerprint density at radius 3 is 2.44 bits per heavy atom. The molecule has 1 aromatic carbocycles. The molecule has 4 nitrogen and oxygen atoms in total. The number of thiophene rings is 1. The third kappa shape index (κ3) is 3.24. The van der Waals surface area contributed by atoms with Crippen LogP contribution in [-0.4, -0.2) is 5.91 Å². The molecular formula is C12H12BrN3OS. The number of hydrogen-bond acceptors (Lipinski definition) is 4. The molecule has 0 radical (unpaired) electrons. The molecule has 0 aliphatic carbocycles.